The van der Waals surface area contributed by atoms with Gasteiger partial charge in [0.15, 0.2) is 0 Å². The van der Waals surface area contributed by atoms with Crippen LogP contribution in [0.4, 0.5) is 0 Å². The van der Waals surface area contributed by atoms with Crippen molar-refractivity contribution in [1.82, 2.24) is 10.2 Å². The second kappa shape index (κ2) is 6.17. The molecule has 100 valence electrons. The van der Waals surface area contributed by atoms with Gasteiger partial charge in [-0.3, -0.25) is 10.1 Å². The summed E-state index contributed by atoms with van der Waals surface area (Å²) in [6.07, 6.45) is 2.29. The smallest absolute Gasteiger partial charge is 0.239 e. The van der Waals surface area contributed by atoms with Gasteiger partial charge in [0.1, 0.15) is 0 Å². The number of nitrogens with one attached hydrogen (secondary N) is 1. The number of hydrogen-bond donors (Lipinski definition) is 1. The average Bonchev–Trinajstić information content (AvgIpc) is 2.98. The topological polar surface area (TPSA) is 32.3 Å². The van der Waals surface area contributed by atoms with Gasteiger partial charge in [0.25, 0.3) is 0 Å². The van der Waals surface area contributed by atoms with E-state index in [9.17, 15) is 4.79 Å². The van der Waals surface area contributed by atoms with Gasteiger partial charge >= 0.3 is 0 Å². The molecule has 2 heterocycles. The number of thiophene rings is 1. The van der Waals surface area contributed by atoms with E-state index < -0.39 is 0 Å². The lowest BCUT2D eigenvalue weighted by atomic mass is 10.2. The fraction of sp³-hybridized carbons (Fsp3) is 0.615. The molecule has 5 heteroatoms. The molecule has 18 heavy (non-hydrogen) atoms. The van der Waals surface area contributed by atoms with E-state index in [4.69, 9.17) is 0 Å². The van der Waals surface area contributed by atoms with Crippen LogP contribution in [0.1, 0.15) is 37.6 Å². The Morgan fingerprint density at radius 3 is 2.67 bits per heavy atom. The Hall–Kier alpha value is -0.390. The highest BCUT2D eigenvalue weighted by molar-refractivity contribution is 9.10. The van der Waals surface area contributed by atoms with Crippen molar-refractivity contribution in [3.63, 3.8) is 0 Å². The van der Waals surface area contributed by atoms with Crippen LogP contribution in [0.15, 0.2) is 15.9 Å². The monoisotopic (exact) mass is 330 g/mol. The van der Waals surface area contributed by atoms with E-state index in [2.05, 4.69) is 33.6 Å². The Kier molecular flexibility index (Phi) is 4.81. The zero-order valence-electron chi connectivity index (χ0n) is 10.8. The number of halogens is 1. The molecule has 0 radical (unpaired) electrons. The molecule has 1 aliphatic rings. The molecular weight excluding hydrogens is 312 g/mol. The third-order valence-corrected chi connectivity index (χ3v) is 5.38. The van der Waals surface area contributed by atoms with E-state index in [-0.39, 0.29) is 18.0 Å². The summed E-state index contributed by atoms with van der Waals surface area (Å²) in [6.45, 7) is 5.90. The zero-order chi connectivity index (χ0) is 13.1. The van der Waals surface area contributed by atoms with Crippen LogP contribution in [0.25, 0.3) is 0 Å². The van der Waals surface area contributed by atoms with Crippen molar-refractivity contribution in [2.75, 3.05) is 13.1 Å². The highest BCUT2D eigenvalue weighted by atomic mass is 79.9. The summed E-state index contributed by atoms with van der Waals surface area (Å²) in [7, 11) is 0. The van der Waals surface area contributed by atoms with E-state index in [1.165, 1.54) is 4.88 Å². The summed E-state index contributed by atoms with van der Waals surface area (Å²) in [5.41, 5.74) is 0. The third kappa shape index (κ3) is 3.13. The minimum atomic E-state index is -0.118. The number of hydrogen-bond acceptors (Lipinski definition) is 3. The molecule has 0 saturated carbocycles. The molecule has 1 aromatic rings. The molecule has 0 spiro atoms. The summed E-state index contributed by atoms with van der Waals surface area (Å²) >= 11 is 5.24. The van der Waals surface area contributed by atoms with Gasteiger partial charge in [0.05, 0.1) is 6.04 Å². The summed E-state index contributed by atoms with van der Waals surface area (Å²) in [5, 5.41) is 5.45. The first kappa shape index (κ1) is 14.0. The van der Waals surface area contributed by atoms with Gasteiger partial charge in [-0.2, -0.15) is 0 Å². The van der Waals surface area contributed by atoms with E-state index in [1.807, 2.05) is 17.9 Å². The molecule has 0 bridgehead atoms. The number of carbonyl (C=O) groups excluding carboxylic acids is 1. The molecule has 0 aliphatic carbocycles. The maximum Gasteiger partial charge on any atom is 0.239 e. The van der Waals surface area contributed by atoms with Crippen LogP contribution < -0.4 is 5.32 Å². The van der Waals surface area contributed by atoms with Gasteiger partial charge in [-0.1, -0.05) is 0 Å². The SMILES string of the molecule is CC(NC(C)c1sccc1Br)C(=O)N1CCCC1. The van der Waals surface area contributed by atoms with Crippen LogP contribution in [0.3, 0.4) is 0 Å². The predicted octanol–water partition coefficient (Wildman–Crippen LogP) is 3.17. The maximum absolute atomic E-state index is 12.2. The van der Waals surface area contributed by atoms with Gasteiger partial charge in [0.2, 0.25) is 5.91 Å². The van der Waals surface area contributed by atoms with Gasteiger partial charge in [-0.15, -0.1) is 11.3 Å². The van der Waals surface area contributed by atoms with Crippen LogP contribution in [-0.4, -0.2) is 29.9 Å². The van der Waals surface area contributed by atoms with Gasteiger partial charge in [-0.05, 0) is 54.1 Å². The fourth-order valence-electron chi connectivity index (χ4n) is 2.35. The van der Waals surface area contributed by atoms with Crippen molar-refractivity contribution in [2.24, 2.45) is 0 Å². The first-order valence-corrected chi connectivity index (χ1v) is 8.04. The number of amides is 1. The van der Waals surface area contributed by atoms with Crippen molar-refractivity contribution in [3.8, 4) is 0 Å². The van der Waals surface area contributed by atoms with E-state index >= 15 is 0 Å². The molecule has 1 aromatic heterocycles. The molecular formula is C13H19BrN2OS. The quantitative estimate of drug-likeness (QED) is 0.919. The van der Waals surface area contributed by atoms with E-state index in [0.29, 0.717) is 0 Å². The predicted molar refractivity (Wildman–Crippen MR) is 78.8 cm³/mol. The molecule has 2 unspecified atom stereocenters. The lowest BCUT2D eigenvalue weighted by Gasteiger charge is -2.24. The molecule has 3 nitrogen and oxygen atoms in total. The Bertz CT molecular complexity index is 415. The maximum atomic E-state index is 12.2. The summed E-state index contributed by atoms with van der Waals surface area (Å²) in [5.74, 6) is 0.229. The van der Waals surface area contributed by atoms with Crippen molar-refractivity contribution in [1.29, 1.82) is 0 Å². The molecule has 1 amide bonds. The van der Waals surface area contributed by atoms with Crippen molar-refractivity contribution in [2.45, 2.75) is 38.8 Å². The Labute approximate surface area is 121 Å². The molecule has 1 aliphatic heterocycles. The van der Waals surface area contributed by atoms with Crippen molar-refractivity contribution < 1.29 is 4.79 Å². The standard InChI is InChI=1S/C13H19BrN2OS/c1-9(12-11(14)5-8-18-12)15-10(2)13(17)16-6-3-4-7-16/h5,8-10,15H,3-4,6-7H2,1-2H3. The van der Waals surface area contributed by atoms with Crippen LogP contribution in [0.5, 0.6) is 0 Å². The van der Waals surface area contributed by atoms with Gasteiger partial charge in [0, 0.05) is 28.5 Å². The van der Waals surface area contributed by atoms with Crippen LogP contribution in [-0.2, 0) is 4.79 Å². The van der Waals surface area contributed by atoms with Gasteiger partial charge < -0.3 is 4.90 Å². The second-order valence-corrected chi connectivity index (χ2v) is 6.58. The Morgan fingerprint density at radius 1 is 1.44 bits per heavy atom. The summed E-state index contributed by atoms with van der Waals surface area (Å²) in [4.78, 5) is 15.4. The van der Waals surface area contributed by atoms with Crippen molar-refractivity contribution in [3.05, 3.63) is 20.8 Å². The second-order valence-electron chi connectivity index (χ2n) is 4.78. The normalized spacial score (nSPS) is 18.9. The van der Waals surface area contributed by atoms with E-state index in [0.717, 1.165) is 30.4 Å². The number of likely N-dealkylation sites (tertiary alicyclic amines) is 1. The molecule has 2 rings (SSSR count). The minimum Gasteiger partial charge on any atom is -0.341 e. The van der Waals surface area contributed by atoms with Crippen molar-refractivity contribution >= 4 is 33.2 Å². The number of rotatable bonds is 4. The molecule has 1 N–H and O–H groups in total. The first-order valence-electron chi connectivity index (χ1n) is 6.37. The Balaban J connectivity index is 1.92. The average molecular weight is 331 g/mol. The zero-order valence-corrected chi connectivity index (χ0v) is 13.2. The van der Waals surface area contributed by atoms with E-state index in [1.54, 1.807) is 11.3 Å². The highest BCUT2D eigenvalue weighted by Gasteiger charge is 2.24. The largest absolute Gasteiger partial charge is 0.341 e. The number of nitrogens with zero attached hydrogens (tertiary/aromatic N) is 1. The summed E-state index contributed by atoms with van der Waals surface area (Å²) < 4.78 is 1.12. The number of carbonyl (C=O) groups is 1. The molecule has 1 saturated heterocycles. The molecule has 2 atom stereocenters. The molecule has 0 aromatic carbocycles. The third-order valence-electron chi connectivity index (χ3n) is 3.33. The summed E-state index contributed by atoms with van der Waals surface area (Å²) in [6, 6.07) is 2.12. The first-order chi connectivity index (χ1) is 8.59. The lowest BCUT2D eigenvalue weighted by Crippen LogP contribution is -2.44. The van der Waals surface area contributed by atoms with Gasteiger partial charge in [-0.25, -0.2) is 0 Å². The minimum absolute atomic E-state index is 0.118. The van der Waals surface area contributed by atoms with Crippen LogP contribution in [0.2, 0.25) is 0 Å². The Morgan fingerprint density at radius 2 is 2.11 bits per heavy atom. The molecule has 1 fully saturated rings. The lowest BCUT2D eigenvalue weighted by molar-refractivity contribution is -0.132. The fourth-order valence-corrected chi connectivity index (χ4v) is 4.08. The van der Waals surface area contributed by atoms with Crippen LogP contribution >= 0.6 is 27.3 Å². The van der Waals surface area contributed by atoms with Crippen LogP contribution in [0, 0.1) is 0 Å². The highest BCUT2D eigenvalue weighted by Crippen LogP contribution is 2.29.